The summed E-state index contributed by atoms with van der Waals surface area (Å²) in [5.74, 6) is 0.494. The number of alkyl halides is 2. The molecule has 9 heteroatoms. The van der Waals surface area contributed by atoms with Gasteiger partial charge in [0.05, 0.1) is 13.2 Å². The van der Waals surface area contributed by atoms with Crippen LogP contribution in [0, 0.1) is 0 Å². The van der Waals surface area contributed by atoms with E-state index in [-0.39, 0.29) is 11.4 Å². The Morgan fingerprint density at radius 3 is 2.60 bits per heavy atom. The molecule has 0 aliphatic carbocycles. The normalized spacial score (nSPS) is 12.1. The summed E-state index contributed by atoms with van der Waals surface area (Å²) in [7, 11) is -4.09. The average Bonchev–Trinajstić information content (AvgIpc) is 2.39. The summed E-state index contributed by atoms with van der Waals surface area (Å²) in [6, 6.07) is 2.74. The van der Waals surface area contributed by atoms with Crippen molar-refractivity contribution in [1.82, 2.24) is 9.29 Å². The highest BCUT2D eigenvalue weighted by Gasteiger charge is 2.27. The van der Waals surface area contributed by atoms with Crippen LogP contribution in [0.25, 0.3) is 0 Å². The number of aliphatic hydroxyl groups is 1. The Balaban J connectivity index is 2.99. The Bertz CT molecular complexity index is 508. The number of hydrogen-bond donors (Lipinski definition) is 2. The lowest BCUT2D eigenvalue weighted by atomic mass is 10.4. The Labute approximate surface area is 116 Å². The van der Waals surface area contributed by atoms with Crippen molar-refractivity contribution in [2.75, 3.05) is 31.6 Å². The van der Waals surface area contributed by atoms with E-state index in [1.54, 1.807) is 0 Å². The molecule has 0 aromatic carbocycles. The Morgan fingerprint density at radius 2 is 2.15 bits per heavy atom. The van der Waals surface area contributed by atoms with Crippen molar-refractivity contribution >= 4 is 15.8 Å². The van der Waals surface area contributed by atoms with E-state index in [2.05, 4.69) is 10.3 Å². The van der Waals surface area contributed by atoms with E-state index < -0.39 is 29.6 Å². The zero-order valence-corrected chi connectivity index (χ0v) is 11.8. The topological polar surface area (TPSA) is 82.5 Å². The third-order valence-electron chi connectivity index (χ3n) is 2.42. The second-order valence-electron chi connectivity index (χ2n) is 3.89. The minimum absolute atomic E-state index is 0.187. The SMILES string of the molecule is CCNc1ccc(S(=O)(=O)N(CCO)CC(F)F)cn1. The quantitative estimate of drug-likeness (QED) is 0.741. The molecular weight excluding hydrogens is 292 g/mol. The minimum Gasteiger partial charge on any atom is -0.395 e. The van der Waals surface area contributed by atoms with Crippen molar-refractivity contribution < 1.29 is 22.3 Å². The molecule has 0 radical (unpaired) electrons. The Morgan fingerprint density at radius 1 is 1.45 bits per heavy atom. The van der Waals surface area contributed by atoms with Gasteiger partial charge in [0.25, 0.3) is 6.43 Å². The molecule has 1 rings (SSSR count). The van der Waals surface area contributed by atoms with Crippen molar-refractivity contribution in [1.29, 1.82) is 0 Å². The number of halogens is 2. The highest BCUT2D eigenvalue weighted by molar-refractivity contribution is 7.89. The first-order chi connectivity index (χ1) is 9.41. The molecule has 0 fully saturated rings. The number of nitrogens with zero attached hydrogens (tertiary/aromatic N) is 2. The highest BCUT2D eigenvalue weighted by Crippen LogP contribution is 2.17. The van der Waals surface area contributed by atoms with Gasteiger partial charge in [-0.3, -0.25) is 0 Å². The van der Waals surface area contributed by atoms with Crippen LogP contribution in [0.15, 0.2) is 23.2 Å². The number of nitrogens with one attached hydrogen (secondary N) is 1. The highest BCUT2D eigenvalue weighted by atomic mass is 32.2. The smallest absolute Gasteiger partial charge is 0.252 e. The van der Waals surface area contributed by atoms with Crippen LogP contribution in [0.5, 0.6) is 0 Å². The van der Waals surface area contributed by atoms with Gasteiger partial charge in [-0.2, -0.15) is 4.31 Å². The van der Waals surface area contributed by atoms with Crippen LogP contribution >= 0.6 is 0 Å². The molecule has 6 nitrogen and oxygen atoms in total. The lowest BCUT2D eigenvalue weighted by Gasteiger charge is -2.20. The molecule has 0 unspecified atom stereocenters. The summed E-state index contributed by atoms with van der Waals surface area (Å²) in [5, 5.41) is 11.7. The number of sulfonamides is 1. The molecule has 0 spiro atoms. The number of hydrogen-bond acceptors (Lipinski definition) is 5. The lowest BCUT2D eigenvalue weighted by molar-refractivity contribution is 0.113. The number of pyridine rings is 1. The maximum Gasteiger partial charge on any atom is 0.252 e. The molecule has 114 valence electrons. The maximum absolute atomic E-state index is 12.4. The van der Waals surface area contributed by atoms with Crippen LogP contribution in [0.3, 0.4) is 0 Å². The van der Waals surface area contributed by atoms with E-state index in [0.717, 1.165) is 6.20 Å². The van der Waals surface area contributed by atoms with Gasteiger partial charge in [-0.25, -0.2) is 22.2 Å². The van der Waals surface area contributed by atoms with Gasteiger partial charge in [0, 0.05) is 19.3 Å². The first kappa shape index (κ1) is 16.7. The number of anilines is 1. The summed E-state index contributed by atoms with van der Waals surface area (Å²) < 4.78 is 49.7. The monoisotopic (exact) mass is 309 g/mol. The van der Waals surface area contributed by atoms with E-state index in [4.69, 9.17) is 5.11 Å². The zero-order valence-electron chi connectivity index (χ0n) is 11.0. The van der Waals surface area contributed by atoms with Gasteiger partial charge in [-0.1, -0.05) is 0 Å². The van der Waals surface area contributed by atoms with Crippen LogP contribution in [0.1, 0.15) is 6.92 Å². The van der Waals surface area contributed by atoms with E-state index >= 15 is 0 Å². The van der Waals surface area contributed by atoms with Gasteiger partial charge in [-0.15, -0.1) is 0 Å². The molecule has 20 heavy (non-hydrogen) atoms. The molecular formula is C11H17F2N3O3S. The third-order valence-corrected chi connectivity index (χ3v) is 4.27. The first-order valence-electron chi connectivity index (χ1n) is 6.01. The predicted molar refractivity (Wildman–Crippen MR) is 70.2 cm³/mol. The number of aromatic nitrogens is 1. The van der Waals surface area contributed by atoms with Crippen molar-refractivity contribution in [3.05, 3.63) is 18.3 Å². The van der Waals surface area contributed by atoms with Crippen molar-refractivity contribution in [3.63, 3.8) is 0 Å². The number of rotatable bonds is 8. The molecule has 0 aliphatic heterocycles. The van der Waals surface area contributed by atoms with Gasteiger partial charge in [0.2, 0.25) is 10.0 Å². The second kappa shape index (κ2) is 7.46. The van der Waals surface area contributed by atoms with Gasteiger partial charge >= 0.3 is 0 Å². The molecule has 1 heterocycles. The fourth-order valence-corrected chi connectivity index (χ4v) is 2.90. The van der Waals surface area contributed by atoms with Crippen LogP contribution in [0.2, 0.25) is 0 Å². The maximum atomic E-state index is 12.4. The first-order valence-corrected chi connectivity index (χ1v) is 7.45. The van der Waals surface area contributed by atoms with Gasteiger partial charge in [0.1, 0.15) is 10.7 Å². The van der Waals surface area contributed by atoms with Gasteiger partial charge in [-0.05, 0) is 19.1 Å². The van der Waals surface area contributed by atoms with Crippen LogP contribution in [-0.2, 0) is 10.0 Å². The molecule has 0 saturated heterocycles. The standard InChI is InChI=1S/C11H17F2N3O3S/c1-2-14-11-4-3-9(7-15-11)20(18,19)16(5-6-17)8-10(12)13/h3-4,7,10,17H,2,5-6,8H2,1H3,(H,14,15). The van der Waals surface area contributed by atoms with E-state index in [9.17, 15) is 17.2 Å². The van der Waals surface area contributed by atoms with Crippen molar-refractivity contribution in [2.45, 2.75) is 18.2 Å². The summed E-state index contributed by atoms with van der Waals surface area (Å²) in [5.41, 5.74) is 0. The second-order valence-corrected chi connectivity index (χ2v) is 5.83. The van der Waals surface area contributed by atoms with Gasteiger partial charge < -0.3 is 10.4 Å². The summed E-state index contributed by atoms with van der Waals surface area (Å²) in [6.45, 7) is 0.605. The van der Waals surface area contributed by atoms with E-state index in [1.165, 1.54) is 12.1 Å². The summed E-state index contributed by atoms with van der Waals surface area (Å²) >= 11 is 0. The van der Waals surface area contributed by atoms with Crippen LogP contribution in [0.4, 0.5) is 14.6 Å². The van der Waals surface area contributed by atoms with Gasteiger partial charge in [0.15, 0.2) is 0 Å². The van der Waals surface area contributed by atoms with Crippen LogP contribution < -0.4 is 5.32 Å². The minimum atomic E-state index is -4.09. The molecule has 2 N–H and O–H groups in total. The molecule has 0 saturated carbocycles. The third kappa shape index (κ3) is 4.36. The fourth-order valence-electron chi connectivity index (χ4n) is 1.54. The molecule has 1 aromatic rings. The largest absolute Gasteiger partial charge is 0.395 e. The van der Waals surface area contributed by atoms with E-state index in [1.807, 2.05) is 6.92 Å². The predicted octanol–water partition coefficient (Wildman–Crippen LogP) is 0.761. The number of aliphatic hydroxyl groups excluding tert-OH is 1. The molecule has 0 aliphatic rings. The Hall–Kier alpha value is -1.32. The Kier molecular flexibility index (Phi) is 6.24. The molecule has 0 atom stereocenters. The summed E-state index contributed by atoms with van der Waals surface area (Å²) in [4.78, 5) is 3.70. The lowest BCUT2D eigenvalue weighted by Crippen LogP contribution is -2.37. The molecule has 1 aromatic heterocycles. The molecule has 0 amide bonds. The van der Waals surface area contributed by atoms with Crippen LogP contribution in [-0.4, -0.2) is 55.5 Å². The zero-order chi connectivity index (χ0) is 15.2. The molecule has 0 bridgehead atoms. The van der Waals surface area contributed by atoms with Crippen molar-refractivity contribution in [3.8, 4) is 0 Å². The van der Waals surface area contributed by atoms with E-state index in [0.29, 0.717) is 16.7 Å². The fraction of sp³-hybridized carbons (Fsp3) is 0.545. The van der Waals surface area contributed by atoms with Crippen molar-refractivity contribution in [2.24, 2.45) is 0 Å². The summed E-state index contributed by atoms with van der Waals surface area (Å²) in [6.07, 6.45) is -1.71. The average molecular weight is 309 g/mol.